The van der Waals surface area contributed by atoms with Crippen LogP contribution in [0.1, 0.15) is 96.8 Å². The third-order valence-electron chi connectivity index (χ3n) is 4.63. The molecule has 0 heterocycles. The average Bonchev–Trinajstić information content (AvgIpc) is 2.69. The minimum absolute atomic E-state index is 0.0258. The number of thioether (sulfide) groups is 1. The average molecular weight is 514 g/mol. The van der Waals surface area contributed by atoms with Gasteiger partial charge in [0.05, 0.1) is 4.90 Å². The van der Waals surface area contributed by atoms with Crippen molar-refractivity contribution in [2.24, 2.45) is 15.1 Å². The van der Waals surface area contributed by atoms with E-state index >= 15 is 0 Å². The van der Waals surface area contributed by atoms with Gasteiger partial charge in [-0.05, 0) is 61.5 Å². The summed E-state index contributed by atoms with van der Waals surface area (Å²) in [6, 6.07) is 3.90. The van der Waals surface area contributed by atoms with Crippen molar-refractivity contribution >= 4 is 39.0 Å². The summed E-state index contributed by atoms with van der Waals surface area (Å²) in [5.41, 5.74) is 12.3. The number of hydrogen-bond donors (Lipinski definition) is 3. The highest BCUT2D eigenvalue weighted by atomic mass is 32.2. The third-order valence-corrected chi connectivity index (χ3v) is 6.69. The molecular formula is C23H39N5O4S2. The molecule has 9 nitrogen and oxygen atoms in total. The van der Waals surface area contributed by atoms with Crippen molar-refractivity contribution in [3.8, 4) is 0 Å². The van der Waals surface area contributed by atoms with Crippen molar-refractivity contribution in [1.29, 1.82) is 0 Å². The van der Waals surface area contributed by atoms with E-state index in [9.17, 15) is 13.2 Å². The summed E-state index contributed by atoms with van der Waals surface area (Å²) in [7, 11) is -4.10. The predicted octanol–water partition coefficient (Wildman–Crippen LogP) is 4.81. The first kappa shape index (κ1) is 29.8. The van der Waals surface area contributed by atoms with Crippen LogP contribution in [0, 0.1) is 0 Å². The summed E-state index contributed by atoms with van der Waals surface area (Å²) < 4.78 is 36.1. The van der Waals surface area contributed by atoms with Crippen molar-refractivity contribution in [3.63, 3.8) is 0 Å². The molecule has 0 bridgehead atoms. The molecule has 0 saturated carbocycles. The number of nitrogens with zero attached hydrogens (tertiary/aromatic N) is 2. The molecular weight excluding hydrogens is 474 g/mol. The fourth-order valence-electron chi connectivity index (χ4n) is 2.99. The van der Waals surface area contributed by atoms with Gasteiger partial charge in [-0.3, -0.25) is 5.43 Å². The first-order valence-corrected chi connectivity index (χ1v) is 13.8. The van der Waals surface area contributed by atoms with Gasteiger partial charge < -0.3 is 10.5 Å². The van der Waals surface area contributed by atoms with E-state index in [1.165, 1.54) is 0 Å². The number of guanidine groups is 1. The monoisotopic (exact) mass is 513 g/mol. The van der Waals surface area contributed by atoms with Gasteiger partial charge in [0.2, 0.25) is 11.1 Å². The van der Waals surface area contributed by atoms with Crippen molar-refractivity contribution in [3.05, 3.63) is 28.8 Å². The SMILES string of the molecule is CSC(/N=C(/N)NNC(=O)OC(C)(C)C)=N/S(=O)(=O)c1c(C(C)C)cc(C(C)C)cc1C(C)C. The quantitative estimate of drug-likeness (QED) is 0.292. The van der Waals surface area contributed by atoms with E-state index in [-0.39, 0.29) is 33.8 Å². The highest BCUT2D eigenvalue weighted by Gasteiger charge is 2.27. The molecule has 192 valence electrons. The molecule has 0 unspecified atom stereocenters. The van der Waals surface area contributed by atoms with Gasteiger partial charge in [0.25, 0.3) is 10.0 Å². The first-order chi connectivity index (χ1) is 15.5. The molecule has 0 fully saturated rings. The van der Waals surface area contributed by atoms with E-state index in [0.29, 0.717) is 0 Å². The van der Waals surface area contributed by atoms with Crippen LogP contribution in [-0.4, -0.2) is 37.5 Å². The smallest absolute Gasteiger partial charge is 0.426 e. The normalized spacial score (nSPS) is 13.6. The van der Waals surface area contributed by atoms with Gasteiger partial charge >= 0.3 is 6.09 Å². The van der Waals surface area contributed by atoms with Crippen molar-refractivity contribution in [1.82, 2.24) is 10.9 Å². The summed E-state index contributed by atoms with van der Waals surface area (Å²) in [6.45, 7) is 17.2. The number of amidine groups is 1. The van der Waals surface area contributed by atoms with Crippen LogP contribution in [0.25, 0.3) is 0 Å². The summed E-state index contributed by atoms with van der Waals surface area (Å²) in [4.78, 5) is 16.0. The Balaban J connectivity index is 3.43. The van der Waals surface area contributed by atoms with Crippen LogP contribution >= 0.6 is 11.8 Å². The maximum absolute atomic E-state index is 13.5. The van der Waals surface area contributed by atoms with Crippen molar-refractivity contribution in [2.75, 3.05) is 6.26 Å². The van der Waals surface area contributed by atoms with E-state index in [4.69, 9.17) is 10.5 Å². The zero-order valence-electron chi connectivity index (χ0n) is 21.8. The molecule has 4 N–H and O–H groups in total. The van der Waals surface area contributed by atoms with E-state index < -0.39 is 21.7 Å². The number of carbonyl (C=O) groups excluding carboxylic acids is 1. The van der Waals surface area contributed by atoms with Crippen LogP contribution in [0.5, 0.6) is 0 Å². The maximum atomic E-state index is 13.5. The van der Waals surface area contributed by atoms with Crippen LogP contribution < -0.4 is 16.6 Å². The number of sulfonamides is 1. The molecule has 0 atom stereocenters. The molecule has 0 spiro atoms. The molecule has 0 aliphatic heterocycles. The van der Waals surface area contributed by atoms with Crippen LogP contribution in [0.2, 0.25) is 0 Å². The summed E-state index contributed by atoms with van der Waals surface area (Å²) in [5, 5.41) is -0.0756. The molecule has 34 heavy (non-hydrogen) atoms. The second kappa shape index (κ2) is 11.9. The molecule has 11 heteroatoms. The number of carbonyl (C=O) groups is 1. The topological polar surface area (TPSA) is 135 Å². The molecule has 0 aromatic heterocycles. The molecule has 1 amide bonds. The number of rotatable bonds is 5. The Labute approximate surface area is 208 Å². The number of nitrogens with two attached hydrogens (primary N) is 1. The second-order valence-electron chi connectivity index (χ2n) is 9.79. The summed E-state index contributed by atoms with van der Waals surface area (Å²) >= 11 is 1.02. The Hall–Kier alpha value is -2.27. The van der Waals surface area contributed by atoms with Gasteiger partial charge in [-0.15, -0.1) is 4.40 Å². The van der Waals surface area contributed by atoms with Gasteiger partial charge in [-0.1, -0.05) is 65.4 Å². The molecule has 0 radical (unpaired) electrons. The second-order valence-corrected chi connectivity index (χ2v) is 12.1. The minimum Gasteiger partial charge on any atom is -0.443 e. The van der Waals surface area contributed by atoms with Crippen LogP contribution in [0.3, 0.4) is 0 Å². The number of amides is 1. The molecule has 0 aliphatic rings. The fraction of sp³-hybridized carbons (Fsp3) is 0.609. The molecule has 0 saturated heterocycles. The van der Waals surface area contributed by atoms with Crippen LogP contribution in [0.15, 0.2) is 26.4 Å². The minimum atomic E-state index is -4.10. The third kappa shape index (κ3) is 8.83. The first-order valence-electron chi connectivity index (χ1n) is 11.1. The van der Waals surface area contributed by atoms with E-state index in [1.807, 2.05) is 39.8 Å². The van der Waals surface area contributed by atoms with E-state index in [2.05, 4.69) is 34.1 Å². The Morgan fingerprint density at radius 2 is 1.50 bits per heavy atom. The molecule has 1 aromatic rings. The van der Waals surface area contributed by atoms with Crippen molar-refractivity contribution in [2.45, 2.75) is 90.6 Å². The zero-order valence-corrected chi connectivity index (χ0v) is 23.4. The number of benzene rings is 1. The predicted molar refractivity (Wildman–Crippen MR) is 141 cm³/mol. The van der Waals surface area contributed by atoms with Gasteiger partial charge in [0, 0.05) is 0 Å². The largest absolute Gasteiger partial charge is 0.443 e. The Bertz CT molecular complexity index is 1010. The van der Waals surface area contributed by atoms with Gasteiger partial charge in [0.1, 0.15) is 5.60 Å². The lowest BCUT2D eigenvalue weighted by molar-refractivity contribution is 0.0512. The molecule has 1 rings (SSSR count). The zero-order chi connectivity index (χ0) is 26.4. The van der Waals surface area contributed by atoms with Crippen LogP contribution in [-0.2, 0) is 14.8 Å². The molecule has 0 aliphatic carbocycles. The maximum Gasteiger partial charge on any atom is 0.426 e. The van der Waals surface area contributed by atoms with Gasteiger partial charge in [-0.25, -0.2) is 10.2 Å². The van der Waals surface area contributed by atoms with Gasteiger partial charge in [-0.2, -0.15) is 13.4 Å². The standard InChI is InChI=1S/C23H39N5O4S2/c1-13(2)16-11-17(14(3)4)19(18(12-16)15(5)6)34(30,31)28-21(33-10)25-20(24)26-27-22(29)32-23(7,8)9/h11-15H,1-10H3,(H,27,29)(H3,24,25,26,28). The van der Waals surface area contributed by atoms with Crippen LogP contribution in [0.4, 0.5) is 4.79 Å². The van der Waals surface area contributed by atoms with Crippen molar-refractivity contribution < 1.29 is 17.9 Å². The lowest BCUT2D eigenvalue weighted by Gasteiger charge is -2.21. The Kier molecular flexibility index (Phi) is 10.4. The summed E-state index contributed by atoms with van der Waals surface area (Å²) in [6.07, 6.45) is 0.885. The number of nitrogens with one attached hydrogen (secondary N) is 2. The number of hydrogen-bond acceptors (Lipinski definition) is 5. The molecule has 1 aromatic carbocycles. The highest BCUT2D eigenvalue weighted by molar-refractivity contribution is 8.14. The van der Waals surface area contributed by atoms with E-state index in [1.54, 1.807) is 27.0 Å². The summed E-state index contributed by atoms with van der Waals surface area (Å²) in [5.74, 6) is -0.0354. The number of aliphatic imine (C=N–C) groups is 1. The van der Waals surface area contributed by atoms with Gasteiger partial charge in [0.15, 0.2) is 0 Å². The number of hydrazine groups is 1. The van der Waals surface area contributed by atoms with E-state index in [0.717, 1.165) is 28.5 Å². The highest BCUT2D eigenvalue weighted by Crippen LogP contribution is 2.36. The fourth-order valence-corrected chi connectivity index (χ4v) is 5.29. The number of ether oxygens (including phenoxy) is 1. The Morgan fingerprint density at radius 3 is 1.88 bits per heavy atom. The Morgan fingerprint density at radius 1 is 1.00 bits per heavy atom. The lowest BCUT2D eigenvalue weighted by atomic mass is 9.89. The lowest BCUT2D eigenvalue weighted by Crippen LogP contribution is -2.47.